The summed E-state index contributed by atoms with van der Waals surface area (Å²) in [4.78, 5) is 16.0. The van der Waals surface area contributed by atoms with Crippen LogP contribution in [-0.4, -0.2) is 33.8 Å². The molecule has 1 aromatic carbocycles. The molecule has 0 radical (unpaired) electrons. The fraction of sp³-hybridized carbons (Fsp3) is 0.333. The summed E-state index contributed by atoms with van der Waals surface area (Å²) in [5.41, 5.74) is 4.29. The third-order valence-corrected chi connectivity index (χ3v) is 5.31. The molecule has 26 heavy (non-hydrogen) atoms. The first kappa shape index (κ1) is 16.8. The maximum Gasteiger partial charge on any atom is 0.338 e. The van der Waals surface area contributed by atoms with Gasteiger partial charge in [-0.25, -0.2) is 4.79 Å². The van der Waals surface area contributed by atoms with E-state index in [-0.39, 0.29) is 0 Å². The highest BCUT2D eigenvalue weighted by Crippen LogP contribution is 2.32. The fourth-order valence-corrected chi connectivity index (χ4v) is 3.88. The number of aromatic nitrogens is 2. The van der Waals surface area contributed by atoms with E-state index in [2.05, 4.69) is 15.6 Å². The highest BCUT2D eigenvalue weighted by Gasteiger charge is 2.22. The van der Waals surface area contributed by atoms with Crippen molar-refractivity contribution >= 4 is 16.9 Å². The molecule has 5 heteroatoms. The van der Waals surface area contributed by atoms with E-state index in [1.165, 1.54) is 0 Å². The van der Waals surface area contributed by atoms with E-state index in [1.807, 2.05) is 37.4 Å². The van der Waals surface area contributed by atoms with Gasteiger partial charge in [0.2, 0.25) is 0 Å². The van der Waals surface area contributed by atoms with Crippen LogP contribution in [0.25, 0.3) is 22.0 Å². The zero-order valence-corrected chi connectivity index (χ0v) is 14.8. The molecule has 1 N–H and O–H groups in total. The van der Waals surface area contributed by atoms with E-state index in [4.69, 9.17) is 4.74 Å². The Balaban J connectivity index is 1.84. The molecule has 1 fully saturated rings. The van der Waals surface area contributed by atoms with Gasteiger partial charge in [-0.2, -0.15) is 0 Å². The van der Waals surface area contributed by atoms with Crippen LogP contribution in [0.15, 0.2) is 42.7 Å². The lowest BCUT2D eigenvalue weighted by Gasteiger charge is -2.23. The molecule has 3 aromatic rings. The molecular weight excluding hydrogens is 328 g/mol. The number of hydrogen-bond acceptors (Lipinski definition) is 3. The number of ether oxygens (including phenoxy) is 1. The van der Waals surface area contributed by atoms with Crippen molar-refractivity contribution in [2.24, 2.45) is 5.92 Å². The average molecular weight is 350 g/mol. The molecule has 1 aliphatic rings. The molecule has 4 rings (SSSR count). The molecule has 0 saturated carbocycles. The number of benzene rings is 1. The topological polar surface area (TPSA) is 64.3 Å². The van der Waals surface area contributed by atoms with E-state index in [9.17, 15) is 9.90 Å². The quantitative estimate of drug-likeness (QED) is 0.768. The van der Waals surface area contributed by atoms with Crippen molar-refractivity contribution in [3.8, 4) is 11.1 Å². The Hall–Kier alpha value is -2.66. The Bertz CT molecular complexity index is 941. The minimum atomic E-state index is -0.868. The van der Waals surface area contributed by atoms with Gasteiger partial charge >= 0.3 is 5.97 Å². The van der Waals surface area contributed by atoms with Crippen LogP contribution < -0.4 is 0 Å². The van der Waals surface area contributed by atoms with Gasteiger partial charge in [-0.15, -0.1) is 0 Å². The van der Waals surface area contributed by atoms with Crippen LogP contribution in [0, 0.1) is 12.8 Å². The Morgan fingerprint density at radius 3 is 2.77 bits per heavy atom. The molecule has 0 spiro atoms. The van der Waals surface area contributed by atoms with Gasteiger partial charge < -0.3 is 14.4 Å². The van der Waals surface area contributed by atoms with Crippen molar-refractivity contribution in [2.75, 3.05) is 13.2 Å². The lowest BCUT2D eigenvalue weighted by atomic mass is 10.00. The summed E-state index contributed by atoms with van der Waals surface area (Å²) in [5, 5.41) is 10.5. The smallest absolute Gasteiger partial charge is 0.338 e. The van der Waals surface area contributed by atoms with Crippen LogP contribution in [0.5, 0.6) is 0 Å². The Labute approximate surface area is 152 Å². The molecule has 0 amide bonds. The second-order valence-electron chi connectivity index (χ2n) is 6.91. The fourth-order valence-electron chi connectivity index (χ4n) is 3.88. The zero-order chi connectivity index (χ0) is 18.1. The van der Waals surface area contributed by atoms with Gasteiger partial charge in [-0.1, -0.05) is 18.2 Å². The van der Waals surface area contributed by atoms with Gasteiger partial charge in [0, 0.05) is 54.3 Å². The van der Waals surface area contributed by atoms with E-state index in [0.29, 0.717) is 11.5 Å². The van der Waals surface area contributed by atoms with Gasteiger partial charge in [0.15, 0.2) is 0 Å². The van der Waals surface area contributed by atoms with Crippen LogP contribution >= 0.6 is 0 Å². The molecule has 1 aliphatic heterocycles. The molecule has 0 atom stereocenters. The maximum atomic E-state index is 11.9. The number of rotatable bonds is 4. The number of nitrogens with zero attached hydrogens (tertiary/aromatic N) is 2. The predicted molar refractivity (Wildman–Crippen MR) is 100 cm³/mol. The SMILES string of the molecule is Cc1c(C(=O)O)c2ccc(-c3cccnc3)cc2n1CC1CCOCC1. The van der Waals surface area contributed by atoms with Crippen LogP contribution in [0.2, 0.25) is 0 Å². The van der Waals surface area contributed by atoms with E-state index < -0.39 is 5.97 Å². The van der Waals surface area contributed by atoms with Crippen molar-refractivity contribution in [3.05, 3.63) is 54.0 Å². The summed E-state index contributed by atoms with van der Waals surface area (Å²) in [6, 6.07) is 9.92. The third-order valence-electron chi connectivity index (χ3n) is 5.31. The zero-order valence-electron chi connectivity index (χ0n) is 14.8. The number of aromatic carboxylic acids is 1. The molecule has 1 saturated heterocycles. The van der Waals surface area contributed by atoms with Crippen LogP contribution in [0.3, 0.4) is 0 Å². The van der Waals surface area contributed by atoms with Crippen molar-refractivity contribution in [3.63, 3.8) is 0 Å². The second kappa shape index (κ2) is 6.92. The summed E-state index contributed by atoms with van der Waals surface area (Å²) in [5.74, 6) is -0.353. The van der Waals surface area contributed by atoms with Gasteiger partial charge in [-0.3, -0.25) is 4.98 Å². The number of carboxylic acid groups (broad SMARTS) is 1. The monoisotopic (exact) mass is 350 g/mol. The number of carbonyl (C=O) groups is 1. The maximum absolute atomic E-state index is 11.9. The molecule has 2 aromatic heterocycles. The third kappa shape index (κ3) is 2.99. The molecule has 134 valence electrons. The standard InChI is InChI=1S/C21H22N2O3/c1-14-20(21(24)25)18-5-4-16(17-3-2-8-22-12-17)11-19(18)23(14)13-15-6-9-26-10-7-15/h2-5,8,11-12,15H,6-7,9-10,13H2,1H3,(H,24,25). The first-order chi connectivity index (χ1) is 12.6. The van der Waals surface area contributed by atoms with Crippen LogP contribution in [0.1, 0.15) is 28.9 Å². The average Bonchev–Trinajstić information content (AvgIpc) is 2.94. The normalized spacial score (nSPS) is 15.4. The molecule has 0 unspecified atom stereocenters. The highest BCUT2D eigenvalue weighted by atomic mass is 16.5. The Morgan fingerprint density at radius 2 is 2.08 bits per heavy atom. The summed E-state index contributed by atoms with van der Waals surface area (Å²) < 4.78 is 7.64. The summed E-state index contributed by atoms with van der Waals surface area (Å²) in [6.07, 6.45) is 5.62. The largest absolute Gasteiger partial charge is 0.478 e. The van der Waals surface area contributed by atoms with E-state index in [0.717, 1.165) is 60.3 Å². The Morgan fingerprint density at radius 1 is 1.27 bits per heavy atom. The number of fused-ring (bicyclic) bond motifs is 1. The predicted octanol–water partition coefficient (Wildman–Crippen LogP) is 4.14. The lowest BCUT2D eigenvalue weighted by molar-refractivity contribution is 0.0612. The lowest BCUT2D eigenvalue weighted by Crippen LogP contribution is -2.21. The van der Waals surface area contributed by atoms with Crippen molar-refractivity contribution in [1.82, 2.24) is 9.55 Å². The molecule has 0 bridgehead atoms. The highest BCUT2D eigenvalue weighted by molar-refractivity contribution is 6.06. The van der Waals surface area contributed by atoms with Gasteiger partial charge in [0.05, 0.1) is 5.56 Å². The minimum Gasteiger partial charge on any atom is -0.478 e. The van der Waals surface area contributed by atoms with Crippen LogP contribution in [0.4, 0.5) is 0 Å². The first-order valence-electron chi connectivity index (χ1n) is 8.99. The minimum absolute atomic E-state index is 0.407. The summed E-state index contributed by atoms with van der Waals surface area (Å²) in [7, 11) is 0. The van der Waals surface area contributed by atoms with E-state index in [1.54, 1.807) is 6.20 Å². The van der Waals surface area contributed by atoms with Crippen molar-refractivity contribution in [1.29, 1.82) is 0 Å². The molecule has 0 aliphatic carbocycles. The van der Waals surface area contributed by atoms with Gasteiger partial charge in [0.25, 0.3) is 0 Å². The van der Waals surface area contributed by atoms with E-state index >= 15 is 0 Å². The Kier molecular flexibility index (Phi) is 4.47. The van der Waals surface area contributed by atoms with Gasteiger partial charge in [0.1, 0.15) is 0 Å². The first-order valence-corrected chi connectivity index (χ1v) is 8.99. The number of hydrogen-bond donors (Lipinski definition) is 1. The van der Waals surface area contributed by atoms with Gasteiger partial charge in [-0.05, 0) is 43.4 Å². The van der Waals surface area contributed by atoms with Crippen molar-refractivity contribution in [2.45, 2.75) is 26.3 Å². The molecule has 3 heterocycles. The molecular formula is C21H22N2O3. The molecule has 5 nitrogen and oxygen atoms in total. The summed E-state index contributed by atoms with van der Waals surface area (Å²) >= 11 is 0. The number of carboxylic acids is 1. The number of pyridine rings is 1. The summed E-state index contributed by atoms with van der Waals surface area (Å²) in [6.45, 7) is 4.31. The second-order valence-corrected chi connectivity index (χ2v) is 6.91. The van der Waals surface area contributed by atoms with Crippen LogP contribution in [-0.2, 0) is 11.3 Å². The van der Waals surface area contributed by atoms with Crippen molar-refractivity contribution < 1.29 is 14.6 Å².